The average Bonchev–Trinajstić information content (AvgIpc) is 2.08. The Bertz CT molecular complexity index is 262. The van der Waals surface area contributed by atoms with Crippen molar-refractivity contribution in [1.82, 2.24) is 9.78 Å². The summed E-state index contributed by atoms with van der Waals surface area (Å²) in [6.45, 7) is 1.44. The molecule has 6 heteroatoms. The summed E-state index contributed by atoms with van der Waals surface area (Å²) in [5, 5.41) is 3.15. The summed E-state index contributed by atoms with van der Waals surface area (Å²) in [5.74, 6) is -0.394. The Morgan fingerprint density at radius 1 is 1.55 bits per heavy atom. The van der Waals surface area contributed by atoms with Crippen molar-refractivity contribution in [3.8, 4) is 0 Å². The highest BCUT2D eigenvalue weighted by molar-refractivity contribution is 5.30. The Kier molecular flexibility index (Phi) is 1.54. The lowest BCUT2D eigenvalue weighted by atomic mass is 10.5. The van der Waals surface area contributed by atoms with Gasteiger partial charge in [-0.3, -0.25) is 0 Å². The van der Waals surface area contributed by atoms with E-state index in [2.05, 4.69) is 5.10 Å². The largest absolute Gasteiger partial charge is 0.506 e. The molecule has 0 aliphatic heterocycles. The Morgan fingerprint density at radius 2 is 2.09 bits per heavy atom. The highest BCUT2D eigenvalue weighted by atomic mass is 19.4. The van der Waals surface area contributed by atoms with Gasteiger partial charge in [0.2, 0.25) is 0 Å². The summed E-state index contributed by atoms with van der Waals surface area (Å²) in [6.07, 6.45) is -4.52. The summed E-state index contributed by atoms with van der Waals surface area (Å²) in [7, 11) is 0. The predicted octanol–water partition coefficient (Wildman–Crippen LogP) is 1.25. The lowest BCUT2D eigenvalue weighted by Gasteiger charge is -2.06. The lowest BCUT2D eigenvalue weighted by Crippen LogP contribution is -2.20. The van der Waals surface area contributed by atoms with E-state index in [1.807, 2.05) is 0 Å². The molecule has 11 heavy (non-hydrogen) atoms. The second-order valence-electron chi connectivity index (χ2n) is 2.09. The molecule has 0 aliphatic carbocycles. The van der Waals surface area contributed by atoms with Gasteiger partial charge in [0.15, 0.2) is 0 Å². The van der Waals surface area contributed by atoms with Crippen LogP contribution in [0.3, 0.4) is 0 Å². The molecule has 62 valence electrons. The standard InChI is InChI=1S/C5H6F3N3/c1-3-2-4(9)11(10-3)5(6,7)8/h2H,9H2,1H3. The van der Waals surface area contributed by atoms with E-state index >= 15 is 0 Å². The van der Waals surface area contributed by atoms with Gasteiger partial charge in [-0.05, 0) is 6.92 Å². The number of hydrogen-bond acceptors (Lipinski definition) is 2. The number of aromatic nitrogens is 2. The average molecular weight is 165 g/mol. The van der Waals surface area contributed by atoms with Gasteiger partial charge in [0.05, 0.1) is 5.69 Å². The Balaban J connectivity index is 3.13. The van der Waals surface area contributed by atoms with E-state index in [4.69, 9.17) is 5.73 Å². The first kappa shape index (κ1) is 7.90. The molecule has 0 aliphatic rings. The van der Waals surface area contributed by atoms with Gasteiger partial charge in [0, 0.05) is 6.07 Å². The number of nitrogens with two attached hydrogens (primary N) is 1. The molecular formula is C5H6F3N3. The number of halogens is 3. The number of nitrogens with zero attached hydrogens (tertiary/aromatic N) is 2. The van der Waals surface area contributed by atoms with Crippen LogP contribution in [0, 0.1) is 6.92 Å². The van der Waals surface area contributed by atoms with Gasteiger partial charge < -0.3 is 5.73 Å². The van der Waals surface area contributed by atoms with Crippen LogP contribution < -0.4 is 5.73 Å². The first-order valence-electron chi connectivity index (χ1n) is 2.80. The van der Waals surface area contributed by atoms with Crippen LogP contribution in [0.5, 0.6) is 0 Å². The number of nitrogen functional groups attached to an aromatic ring is 1. The summed E-state index contributed by atoms with van der Waals surface area (Å²) < 4.78 is 35.5. The third kappa shape index (κ3) is 1.44. The molecule has 1 rings (SSSR count). The van der Waals surface area contributed by atoms with Crippen LogP contribution in [0.2, 0.25) is 0 Å². The number of aryl methyl sites for hydroxylation is 1. The molecule has 0 aromatic carbocycles. The molecule has 0 bridgehead atoms. The number of hydrogen-bond donors (Lipinski definition) is 1. The summed E-state index contributed by atoms with van der Waals surface area (Å²) >= 11 is 0. The van der Waals surface area contributed by atoms with Crippen LogP contribution in [-0.2, 0) is 6.30 Å². The Hall–Kier alpha value is -1.20. The van der Waals surface area contributed by atoms with Crippen molar-refractivity contribution >= 4 is 5.82 Å². The minimum absolute atomic E-state index is 0.164. The number of alkyl halides is 3. The second-order valence-corrected chi connectivity index (χ2v) is 2.09. The van der Waals surface area contributed by atoms with Gasteiger partial charge in [-0.1, -0.05) is 0 Å². The lowest BCUT2D eigenvalue weighted by molar-refractivity contribution is -0.210. The molecule has 3 nitrogen and oxygen atoms in total. The molecule has 0 radical (unpaired) electrons. The Labute approximate surface area is 60.6 Å². The number of anilines is 1. The summed E-state index contributed by atoms with van der Waals surface area (Å²) in [5.41, 5.74) is 5.26. The summed E-state index contributed by atoms with van der Waals surface area (Å²) in [6, 6.07) is 1.16. The van der Waals surface area contributed by atoms with Crippen LogP contribution in [-0.4, -0.2) is 9.78 Å². The maximum absolute atomic E-state index is 11.9. The third-order valence-corrected chi connectivity index (χ3v) is 1.10. The fraction of sp³-hybridized carbons (Fsp3) is 0.400. The molecule has 0 saturated heterocycles. The maximum atomic E-state index is 11.9. The topological polar surface area (TPSA) is 43.8 Å². The van der Waals surface area contributed by atoms with E-state index in [1.54, 1.807) is 0 Å². The van der Waals surface area contributed by atoms with Crippen molar-refractivity contribution in [3.05, 3.63) is 11.8 Å². The van der Waals surface area contributed by atoms with Crippen molar-refractivity contribution in [2.45, 2.75) is 13.2 Å². The molecule has 0 spiro atoms. The van der Waals surface area contributed by atoms with Gasteiger partial charge in [-0.25, -0.2) is 0 Å². The van der Waals surface area contributed by atoms with Crippen LogP contribution in [0.4, 0.5) is 19.0 Å². The Morgan fingerprint density at radius 3 is 2.27 bits per heavy atom. The van der Waals surface area contributed by atoms with Gasteiger partial charge in [0.25, 0.3) is 0 Å². The van der Waals surface area contributed by atoms with E-state index in [-0.39, 0.29) is 10.4 Å². The minimum atomic E-state index is -4.52. The van der Waals surface area contributed by atoms with Gasteiger partial charge in [-0.2, -0.15) is 9.78 Å². The van der Waals surface area contributed by atoms with Crippen LogP contribution in [0.1, 0.15) is 5.69 Å². The smallest absolute Gasteiger partial charge is 0.384 e. The first-order chi connectivity index (χ1) is 4.91. The first-order valence-corrected chi connectivity index (χ1v) is 2.80. The van der Waals surface area contributed by atoms with Crippen LogP contribution >= 0.6 is 0 Å². The zero-order valence-corrected chi connectivity index (χ0v) is 5.68. The molecule has 0 fully saturated rings. The minimum Gasteiger partial charge on any atom is -0.384 e. The van der Waals surface area contributed by atoms with Crippen LogP contribution in [0.15, 0.2) is 6.07 Å². The molecule has 2 N–H and O–H groups in total. The fourth-order valence-corrected chi connectivity index (χ4v) is 0.723. The molecule has 0 atom stereocenters. The van der Waals surface area contributed by atoms with E-state index in [1.165, 1.54) is 6.92 Å². The van der Waals surface area contributed by atoms with Crippen molar-refractivity contribution in [3.63, 3.8) is 0 Å². The highest BCUT2D eigenvalue weighted by Gasteiger charge is 2.33. The third-order valence-electron chi connectivity index (χ3n) is 1.10. The molecule has 0 amide bonds. The molecule has 1 aromatic rings. The van der Waals surface area contributed by atoms with Gasteiger partial charge in [0.1, 0.15) is 5.82 Å². The summed E-state index contributed by atoms with van der Waals surface area (Å²) in [4.78, 5) is 0. The normalized spacial score (nSPS) is 12.0. The van der Waals surface area contributed by atoms with Crippen LogP contribution in [0.25, 0.3) is 0 Å². The zero-order valence-electron chi connectivity index (χ0n) is 5.68. The SMILES string of the molecule is Cc1cc(N)n(C(F)(F)F)n1. The molecular weight excluding hydrogens is 159 g/mol. The zero-order chi connectivity index (χ0) is 8.65. The van der Waals surface area contributed by atoms with Crippen molar-refractivity contribution in [1.29, 1.82) is 0 Å². The van der Waals surface area contributed by atoms with Crippen molar-refractivity contribution in [2.24, 2.45) is 0 Å². The van der Waals surface area contributed by atoms with E-state index in [9.17, 15) is 13.2 Å². The molecule has 0 unspecified atom stereocenters. The van der Waals surface area contributed by atoms with Crippen molar-refractivity contribution in [2.75, 3.05) is 5.73 Å². The molecule has 0 saturated carbocycles. The predicted molar refractivity (Wildman–Crippen MR) is 32.7 cm³/mol. The quantitative estimate of drug-likeness (QED) is 0.628. The van der Waals surface area contributed by atoms with Crippen molar-refractivity contribution < 1.29 is 13.2 Å². The molecule has 1 aromatic heterocycles. The highest BCUT2D eigenvalue weighted by Crippen LogP contribution is 2.24. The molecule has 1 heterocycles. The van der Waals surface area contributed by atoms with E-state index in [0.717, 1.165) is 6.07 Å². The van der Waals surface area contributed by atoms with E-state index in [0.29, 0.717) is 0 Å². The van der Waals surface area contributed by atoms with Gasteiger partial charge in [-0.15, -0.1) is 13.2 Å². The fourth-order valence-electron chi connectivity index (χ4n) is 0.723. The van der Waals surface area contributed by atoms with E-state index < -0.39 is 12.1 Å². The monoisotopic (exact) mass is 165 g/mol. The second kappa shape index (κ2) is 2.14. The van der Waals surface area contributed by atoms with Gasteiger partial charge >= 0.3 is 6.30 Å². The number of rotatable bonds is 0. The maximum Gasteiger partial charge on any atom is 0.506 e.